The number of rotatable bonds is 4. The van der Waals surface area contributed by atoms with E-state index >= 15 is 0 Å². The van der Waals surface area contributed by atoms with Gasteiger partial charge < -0.3 is 19.9 Å². The van der Waals surface area contributed by atoms with E-state index in [9.17, 15) is 4.79 Å². The van der Waals surface area contributed by atoms with Crippen LogP contribution in [0.4, 0.5) is 0 Å². The Hall–Kier alpha value is -2.12. The van der Waals surface area contributed by atoms with E-state index in [1.165, 1.54) is 25.9 Å². The maximum atomic E-state index is 12.8. The highest BCUT2D eigenvalue weighted by molar-refractivity contribution is 6.05. The number of fused-ring (bicyclic) bond motifs is 4. The molecule has 0 saturated carbocycles. The van der Waals surface area contributed by atoms with Gasteiger partial charge in [-0.3, -0.25) is 9.89 Å². The zero-order chi connectivity index (χ0) is 18.4. The van der Waals surface area contributed by atoms with Gasteiger partial charge in [0, 0.05) is 37.1 Å². The molecule has 4 aliphatic heterocycles. The third-order valence-electron chi connectivity index (χ3n) is 6.37. The van der Waals surface area contributed by atoms with Gasteiger partial charge in [-0.25, -0.2) is 0 Å². The van der Waals surface area contributed by atoms with Crippen molar-refractivity contribution in [2.24, 2.45) is 5.92 Å². The van der Waals surface area contributed by atoms with Crippen LogP contribution in [0.2, 0.25) is 0 Å². The number of nitrogens with one attached hydrogen (secondary N) is 2. The normalized spacial score (nSPS) is 30.7. The lowest BCUT2D eigenvalue weighted by molar-refractivity contribution is 0.0618. The molecule has 0 radical (unpaired) electrons. The number of amides is 1. The lowest BCUT2D eigenvalue weighted by atomic mass is 9.84. The van der Waals surface area contributed by atoms with Crippen LogP contribution >= 0.6 is 0 Å². The Morgan fingerprint density at radius 2 is 2.07 bits per heavy atom. The number of carbonyl (C=O) groups is 1. The summed E-state index contributed by atoms with van der Waals surface area (Å²) in [7, 11) is 2.11. The van der Waals surface area contributed by atoms with Crippen LogP contribution < -0.4 is 10.1 Å². The number of likely N-dealkylation sites (tertiary alicyclic amines) is 1. The molecule has 1 amide bonds. The Morgan fingerprint density at radius 3 is 2.78 bits per heavy atom. The van der Waals surface area contributed by atoms with Gasteiger partial charge in [0.2, 0.25) is 0 Å². The fourth-order valence-corrected chi connectivity index (χ4v) is 4.79. The summed E-state index contributed by atoms with van der Waals surface area (Å²) in [4.78, 5) is 17.5. The van der Waals surface area contributed by atoms with Crippen molar-refractivity contribution in [2.75, 3.05) is 39.8 Å². The molecule has 0 aliphatic carbocycles. The second-order valence-electron chi connectivity index (χ2n) is 8.29. The molecule has 5 heterocycles. The Balaban J connectivity index is 1.30. The number of hydrogen-bond acceptors (Lipinski definition) is 5. The average Bonchev–Trinajstić information content (AvgIpc) is 3.28. The lowest BCUT2D eigenvalue weighted by Crippen LogP contribution is -2.57. The molecule has 0 spiro atoms. The molecule has 1 aromatic carbocycles. The minimum atomic E-state index is -0.0777. The Kier molecular flexibility index (Phi) is 4.28. The van der Waals surface area contributed by atoms with Crippen molar-refractivity contribution in [3.05, 3.63) is 23.9 Å². The number of carbonyl (C=O) groups excluding carboxylic acids is 1. The third-order valence-corrected chi connectivity index (χ3v) is 6.37. The molecule has 2 bridgehead atoms. The molecule has 4 saturated heterocycles. The van der Waals surface area contributed by atoms with Crippen molar-refractivity contribution in [2.45, 2.75) is 31.4 Å². The summed E-state index contributed by atoms with van der Waals surface area (Å²) in [5.74, 6) is 1.36. The first-order valence-corrected chi connectivity index (χ1v) is 10.0. The van der Waals surface area contributed by atoms with Crippen LogP contribution in [0.1, 0.15) is 29.8 Å². The van der Waals surface area contributed by atoms with Crippen LogP contribution in [0.5, 0.6) is 5.75 Å². The van der Waals surface area contributed by atoms with E-state index in [1.807, 2.05) is 18.2 Å². The van der Waals surface area contributed by atoms with Crippen molar-refractivity contribution < 1.29 is 9.53 Å². The number of aromatic nitrogens is 2. The number of likely N-dealkylation sites (N-methyl/N-ethyl adjacent to an activating group) is 1. The summed E-state index contributed by atoms with van der Waals surface area (Å²) in [5.41, 5.74) is 1.33. The number of H-pyrrole nitrogens is 1. The maximum absolute atomic E-state index is 12.8. The minimum Gasteiger partial charge on any atom is -0.489 e. The third kappa shape index (κ3) is 3.30. The number of hydrogen-bond donors (Lipinski definition) is 2. The molecular formula is C20H27N5O2. The highest BCUT2D eigenvalue weighted by atomic mass is 16.5. The number of nitrogens with zero attached hydrogens (tertiary/aromatic N) is 3. The SMILES string of the molecule is CN1CC[C@H](Oc2ccc3c(C(=O)NC4CN5CCC4CC5)n[nH]c3c2)C1. The molecule has 2 aromatic rings. The van der Waals surface area contributed by atoms with E-state index in [0.717, 1.165) is 42.7 Å². The van der Waals surface area contributed by atoms with Crippen LogP contribution in [0.3, 0.4) is 0 Å². The smallest absolute Gasteiger partial charge is 0.272 e. The summed E-state index contributed by atoms with van der Waals surface area (Å²) < 4.78 is 6.08. The molecule has 2 atom stereocenters. The zero-order valence-corrected chi connectivity index (χ0v) is 15.8. The summed E-state index contributed by atoms with van der Waals surface area (Å²) in [6.45, 7) is 5.32. The topological polar surface area (TPSA) is 73.5 Å². The zero-order valence-electron chi connectivity index (χ0n) is 15.8. The summed E-state index contributed by atoms with van der Waals surface area (Å²) in [5, 5.41) is 11.4. The van der Waals surface area contributed by atoms with Crippen LogP contribution in [-0.2, 0) is 0 Å². The summed E-state index contributed by atoms with van der Waals surface area (Å²) >= 11 is 0. The molecule has 7 heteroatoms. The van der Waals surface area contributed by atoms with Crippen LogP contribution in [0.15, 0.2) is 18.2 Å². The van der Waals surface area contributed by atoms with Crippen molar-refractivity contribution >= 4 is 16.8 Å². The van der Waals surface area contributed by atoms with E-state index in [-0.39, 0.29) is 18.1 Å². The van der Waals surface area contributed by atoms with Gasteiger partial charge in [-0.15, -0.1) is 0 Å². The fraction of sp³-hybridized carbons (Fsp3) is 0.600. The van der Waals surface area contributed by atoms with Gasteiger partial charge in [-0.05, 0) is 57.5 Å². The van der Waals surface area contributed by atoms with Crippen molar-refractivity contribution in [3.63, 3.8) is 0 Å². The Labute approximate surface area is 159 Å². The van der Waals surface area contributed by atoms with Gasteiger partial charge in [-0.2, -0.15) is 5.10 Å². The summed E-state index contributed by atoms with van der Waals surface area (Å²) in [6.07, 6.45) is 3.65. The predicted octanol–water partition coefficient (Wildman–Crippen LogP) is 1.47. The number of aromatic amines is 1. The van der Waals surface area contributed by atoms with E-state index < -0.39 is 0 Å². The molecule has 144 valence electrons. The molecule has 4 fully saturated rings. The van der Waals surface area contributed by atoms with Crippen LogP contribution in [-0.4, -0.2) is 77.8 Å². The minimum absolute atomic E-state index is 0.0777. The van der Waals surface area contributed by atoms with E-state index in [4.69, 9.17) is 4.74 Å². The van der Waals surface area contributed by atoms with Crippen molar-refractivity contribution in [1.82, 2.24) is 25.3 Å². The highest BCUT2D eigenvalue weighted by Crippen LogP contribution is 2.28. The second kappa shape index (κ2) is 6.80. The molecule has 1 aromatic heterocycles. The van der Waals surface area contributed by atoms with Crippen molar-refractivity contribution in [3.8, 4) is 5.75 Å². The molecular weight excluding hydrogens is 342 g/mol. The highest BCUT2D eigenvalue weighted by Gasteiger charge is 2.35. The van der Waals surface area contributed by atoms with Gasteiger partial charge in [0.1, 0.15) is 11.9 Å². The van der Waals surface area contributed by atoms with Gasteiger partial charge >= 0.3 is 0 Å². The predicted molar refractivity (Wildman–Crippen MR) is 103 cm³/mol. The number of benzene rings is 1. The lowest BCUT2D eigenvalue weighted by Gasteiger charge is -2.44. The first-order chi connectivity index (χ1) is 13.2. The number of piperidine rings is 3. The first-order valence-electron chi connectivity index (χ1n) is 10.0. The van der Waals surface area contributed by atoms with Gasteiger partial charge in [0.25, 0.3) is 5.91 Å². The molecule has 27 heavy (non-hydrogen) atoms. The fourth-order valence-electron chi connectivity index (χ4n) is 4.79. The quantitative estimate of drug-likeness (QED) is 0.854. The van der Waals surface area contributed by atoms with E-state index in [1.54, 1.807) is 0 Å². The average molecular weight is 369 g/mol. The second-order valence-corrected chi connectivity index (χ2v) is 8.29. The van der Waals surface area contributed by atoms with Crippen molar-refractivity contribution in [1.29, 1.82) is 0 Å². The van der Waals surface area contributed by atoms with Gasteiger partial charge in [0.15, 0.2) is 5.69 Å². The molecule has 6 rings (SSSR count). The van der Waals surface area contributed by atoms with Gasteiger partial charge in [0.05, 0.1) is 5.52 Å². The standard InChI is InChI=1S/C20H27N5O2/c1-24-7-6-15(11-24)27-14-2-3-16-17(10-14)22-23-19(16)20(26)21-18-12-25-8-4-13(18)5-9-25/h2-3,10,13,15,18H,4-9,11-12H2,1H3,(H,21,26)(H,22,23)/t15-,18?/m0/s1. The van der Waals surface area contributed by atoms with Gasteiger partial charge in [-0.1, -0.05) is 0 Å². The monoisotopic (exact) mass is 369 g/mol. The largest absolute Gasteiger partial charge is 0.489 e. The van der Waals surface area contributed by atoms with E-state index in [0.29, 0.717) is 11.6 Å². The molecule has 4 aliphatic rings. The van der Waals surface area contributed by atoms with Crippen LogP contribution in [0.25, 0.3) is 10.9 Å². The molecule has 7 nitrogen and oxygen atoms in total. The summed E-state index contributed by atoms with van der Waals surface area (Å²) in [6, 6.07) is 6.08. The van der Waals surface area contributed by atoms with Crippen LogP contribution in [0, 0.1) is 5.92 Å². The Morgan fingerprint density at radius 1 is 1.22 bits per heavy atom. The molecule has 2 N–H and O–H groups in total. The molecule has 1 unspecified atom stereocenters. The first kappa shape index (κ1) is 17.0. The maximum Gasteiger partial charge on any atom is 0.272 e. The van der Waals surface area contributed by atoms with E-state index in [2.05, 4.69) is 32.4 Å². The Bertz CT molecular complexity index is 842. The number of ether oxygens (including phenoxy) is 1.